The Morgan fingerprint density at radius 1 is 0.987 bits per heavy atom. The van der Waals surface area contributed by atoms with Gasteiger partial charge in [0, 0.05) is 56.9 Å². The lowest BCUT2D eigenvalue weighted by atomic mass is 9.85. The molecule has 2 aromatic carbocycles. The van der Waals surface area contributed by atoms with Gasteiger partial charge in [0.05, 0.1) is 52.9 Å². The maximum atomic E-state index is 14.1. The molecule has 4 aliphatic rings. The van der Waals surface area contributed by atoms with Crippen LogP contribution in [0.5, 0.6) is 5.75 Å². The van der Waals surface area contributed by atoms with Gasteiger partial charge in [-0.05, 0) is 99.6 Å². The molecule has 1 aliphatic carbocycles. The number of aliphatic hydroxyl groups excluding tert-OH is 1. The fourth-order valence-corrected chi connectivity index (χ4v) is 12.3. The van der Waals surface area contributed by atoms with Crippen LogP contribution in [0, 0.1) is 23.7 Å². The lowest BCUT2D eigenvalue weighted by Gasteiger charge is -2.41. The Morgan fingerprint density at radius 3 is 2.46 bits per heavy atom. The summed E-state index contributed by atoms with van der Waals surface area (Å²) < 4.78 is 13.5. The number of imidazole rings is 1. The molecule has 2 saturated heterocycles. The van der Waals surface area contributed by atoms with Gasteiger partial charge in [0.2, 0.25) is 23.7 Å². The van der Waals surface area contributed by atoms with Crippen molar-refractivity contribution >= 4 is 52.4 Å². The third kappa shape index (κ3) is 13.2. The number of fused-ring (bicyclic) bond motifs is 3. The lowest BCUT2D eigenvalue weighted by molar-refractivity contribution is -0.144. The van der Waals surface area contributed by atoms with Gasteiger partial charge in [0.15, 0.2) is 11.5 Å². The van der Waals surface area contributed by atoms with E-state index in [1.54, 1.807) is 43.1 Å². The van der Waals surface area contributed by atoms with Crippen LogP contribution in [0.1, 0.15) is 137 Å². The number of benzene rings is 2. The number of rotatable bonds is 21. The van der Waals surface area contributed by atoms with E-state index >= 15 is 0 Å². The Hall–Kier alpha value is -6.99. The molecule has 3 aromatic heterocycles. The number of aliphatic hydroxyl groups is 1. The molecular weight excluding hydrogens is 1020 g/mol. The molecule has 0 unspecified atom stereocenters. The van der Waals surface area contributed by atoms with Crippen LogP contribution in [0.4, 0.5) is 17.5 Å². The number of nitrogens with zero attached hydrogens (tertiary/aromatic N) is 9. The number of methoxy groups -OCH3 is 1. The first-order chi connectivity index (χ1) is 38.1. The van der Waals surface area contributed by atoms with E-state index in [4.69, 9.17) is 14.5 Å². The van der Waals surface area contributed by atoms with E-state index in [2.05, 4.69) is 59.0 Å². The SMILES string of the molecule is CC[C@@H]1c2c(C#N)ncn2-c2cnc(Nc3ccc(C(=O)NC4CCN(CCCCCOCC(=O)N[C@H](C(=O)N5C[C@H](O)C[C@H]5C(=O)NCc5ccc(-c6scnc6C)cc5)C(C)(C)C)CC4)cc3OC)nc2N1C1CCCC1. The number of unbranched alkanes of at least 4 members (excludes halogenated alkanes) is 2. The molecule has 5 N–H and O–H groups in total. The molecule has 79 heavy (non-hydrogen) atoms. The van der Waals surface area contributed by atoms with Crippen LogP contribution in [0.3, 0.4) is 0 Å². The molecule has 3 fully saturated rings. The maximum absolute atomic E-state index is 14.1. The molecule has 9 rings (SSSR count). The topological polar surface area (TPSA) is 245 Å². The van der Waals surface area contributed by atoms with Crippen molar-refractivity contribution in [3.8, 4) is 27.9 Å². The molecule has 0 spiro atoms. The number of anilines is 3. The molecule has 3 aliphatic heterocycles. The predicted octanol–water partition coefficient (Wildman–Crippen LogP) is 7.12. The Labute approximate surface area is 466 Å². The molecule has 20 nitrogen and oxygen atoms in total. The number of likely N-dealkylation sites (tertiary alicyclic amines) is 2. The summed E-state index contributed by atoms with van der Waals surface area (Å²) in [6, 6.07) is 14.0. The number of amides is 4. The summed E-state index contributed by atoms with van der Waals surface area (Å²) in [6.45, 7) is 12.8. The molecule has 4 amide bonds. The first kappa shape index (κ1) is 56.7. The number of aromatic nitrogens is 5. The van der Waals surface area contributed by atoms with Gasteiger partial charge in [-0.2, -0.15) is 10.2 Å². The van der Waals surface area contributed by atoms with Crippen LogP contribution >= 0.6 is 11.3 Å². The van der Waals surface area contributed by atoms with E-state index < -0.39 is 35.4 Å². The number of hydrogen-bond acceptors (Lipinski definition) is 16. The smallest absolute Gasteiger partial charge is 0.251 e. The van der Waals surface area contributed by atoms with Crippen molar-refractivity contribution in [1.29, 1.82) is 5.26 Å². The first-order valence-corrected chi connectivity index (χ1v) is 28.8. The van der Waals surface area contributed by atoms with Gasteiger partial charge < -0.3 is 50.5 Å². The summed E-state index contributed by atoms with van der Waals surface area (Å²) in [5.74, 6) is 0.326. The molecule has 21 heteroatoms. The standard InChI is InChI=1S/C58H75N13O7S/c1-7-45-50-44(29-59)62-34-70(50)47-31-61-57(67-53(47)71(45)41-13-9-10-14-41)65-43-20-19-39(27-48(43)77-6)54(74)64-40-21-24-68(25-22-40)23-11-8-12-26-78-33-49(73)66-52(58(3,4)5)56(76)69-32-42(72)28-46(69)55(75)60-30-37-15-17-38(18-16-37)51-36(2)63-35-79-51/h15-20,27,31,34-35,40-42,45-46,52,72H,7-14,21-26,28,30,32-33H2,1-6H3,(H,60,75)(H,64,74)(H,66,73)(H,61,65,67)/t42-,45-,46+,52-/m1/s1. The third-order valence-electron chi connectivity index (χ3n) is 15.8. The summed E-state index contributed by atoms with van der Waals surface area (Å²) >= 11 is 1.58. The average molecular weight is 1100 g/mol. The van der Waals surface area contributed by atoms with Gasteiger partial charge >= 0.3 is 0 Å². The van der Waals surface area contributed by atoms with Crippen molar-refractivity contribution in [3.63, 3.8) is 0 Å². The van der Waals surface area contributed by atoms with E-state index in [-0.39, 0.29) is 50.0 Å². The Bertz CT molecular complexity index is 2990. The van der Waals surface area contributed by atoms with Crippen LogP contribution in [-0.4, -0.2) is 140 Å². The second kappa shape index (κ2) is 25.4. The summed E-state index contributed by atoms with van der Waals surface area (Å²) in [5.41, 5.74) is 7.28. The van der Waals surface area contributed by atoms with E-state index in [0.717, 1.165) is 123 Å². The van der Waals surface area contributed by atoms with Crippen LogP contribution in [0.25, 0.3) is 16.1 Å². The number of hydrogen-bond donors (Lipinski definition) is 5. The minimum absolute atomic E-state index is 0.00436. The first-order valence-electron chi connectivity index (χ1n) is 27.9. The van der Waals surface area contributed by atoms with Gasteiger partial charge in [0.1, 0.15) is 42.5 Å². The predicted molar refractivity (Wildman–Crippen MR) is 301 cm³/mol. The number of carbonyl (C=O) groups excluding carboxylic acids is 4. The number of carbonyl (C=O) groups is 4. The molecular formula is C58H75N13O7S. The van der Waals surface area contributed by atoms with Crippen molar-refractivity contribution in [1.82, 2.24) is 50.3 Å². The quantitative estimate of drug-likeness (QED) is 0.0459. The molecule has 1 saturated carbocycles. The van der Waals surface area contributed by atoms with Crippen molar-refractivity contribution in [2.75, 3.05) is 56.7 Å². The summed E-state index contributed by atoms with van der Waals surface area (Å²) in [4.78, 5) is 80.1. The van der Waals surface area contributed by atoms with Crippen molar-refractivity contribution in [2.24, 2.45) is 5.41 Å². The maximum Gasteiger partial charge on any atom is 0.251 e. The highest BCUT2D eigenvalue weighted by Crippen LogP contribution is 2.45. The Kier molecular flexibility index (Phi) is 18.3. The Morgan fingerprint density at radius 2 is 1.76 bits per heavy atom. The molecule has 5 aromatic rings. The average Bonchev–Trinajstić information content (AvgIpc) is 4.49. The largest absolute Gasteiger partial charge is 0.495 e. The van der Waals surface area contributed by atoms with Crippen LogP contribution in [0.15, 0.2) is 60.5 Å². The van der Waals surface area contributed by atoms with Crippen molar-refractivity contribution < 1.29 is 33.8 Å². The third-order valence-corrected chi connectivity index (χ3v) is 16.7. The fourth-order valence-electron chi connectivity index (χ4n) is 11.5. The minimum atomic E-state index is -0.941. The summed E-state index contributed by atoms with van der Waals surface area (Å²) in [6.07, 6.45) is 12.2. The lowest BCUT2D eigenvalue weighted by Crippen LogP contribution is -2.58. The number of aryl methyl sites for hydroxylation is 1. The summed E-state index contributed by atoms with van der Waals surface area (Å²) in [7, 11) is 1.57. The molecule has 420 valence electrons. The number of piperidine rings is 1. The van der Waals surface area contributed by atoms with Gasteiger partial charge in [-0.15, -0.1) is 11.3 Å². The highest BCUT2D eigenvalue weighted by molar-refractivity contribution is 7.13. The normalized spacial score (nSPS) is 19.1. The number of β-amino-alcohol motifs (C(OH)–C–C–N with tert-alkyl or cyclic N) is 1. The monoisotopic (exact) mass is 1100 g/mol. The zero-order valence-corrected chi connectivity index (χ0v) is 47.1. The van der Waals surface area contributed by atoms with Gasteiger partial charge in [-0.25, -0.2) is 15.0 Å². The van der Waals surface area contributed by atoms with Gasteiger partial charge in [0.25, 0.3) is 5.91 Å². The molecule has 0 bridgehead atoms. The number of ether oxygens (including phenoxy) is 2. The zero-order chi connectivity index (χ0) is 55.8. The number of nitrogens with one attached hydrogen (secondary N) is 4. The zero-order valence-electron chi connectivity index (χ0n) is 46.3. The Balaban J connectivity index is 0.678. The van der Waals surface area contributed by atoms with E-state index in [0.29, 0.717) is 41.3 Å². The van der Waals surface area contributed by atoms with E-state index in [9.17, 15) is 29.5 Å². The van der Waals surface area contributed by atoms with E-state index in [1.165, 1.54) is 4.90 Å². The van der Waals surface area contributed by atoms with Crippen LogP contribution in [0.2, 0.25) is 0 Å². The molecule has 6 heterocycles. The molecule has 4 atom stereocenters. The van der Waals surface area contributed by atoms with Crippen LogP contribution < -0.4 is 30.9 Å². The molecule has 0 radical (unpaired) electrons. The minimum Gasteiger partial charge on any atom is -0.495 e. The van der Waals surface area contributed by atoms with E-state index in [1.807, 2.05) is 68.1 Å². The van der Waals surface area contributed by atoms with Crippen LogP contribution in [-0.2, 0) is 25.7 Å². The highest BCUT2D eigenvalue weighted by atomic mass is 32.1. The van der Waals surface area contributed by atoms with Gasteiger partial charge in [-0.3, -0.25) is 23.7 Å². The number of thiazole rings is 1. The van der Waals surface area contributed by atoms with Gasteiger partial charge in [-0.1, -0.05) is 64.8 Å². The van der Waals surface area contributed by atoms with Crippen molar-refractivity contribution in [3.05, 3.63) is 88.7 Å². The number of nitriles is 1. The fraction of sp³-hybridized carbons (Fsp3) is 0.534. The summed E-state index contributed by atoms with van der Waals surface area (Å²) in [5, 5.41) is 32.9. The highest BCUT2D eigenvalue weighted by Gasteiger charge is 2.45. The second-order valence-electron chi connectivity index (χ2n) is 22.3. The van der Waals surface area contributed by atoms with Crippen molar-refractivity contribution in [2.45, 2.75) is 148 Å². The second-order valence-corrected chi connectivity index (χ2v) is 23.2.